The number of nitrogens with two attached hydrogens (primary N) is 2. The van der Waals surface area contributed by atoms with Crippen LogP contribution in [0.1, 0.15) is 28.0 Å². The molecule has 0 aliphatic rings. The second kappa shape index (κ2) is 6.92. The van der Waals surface area contributed by atoms with Crippen LogP contribution in [-0.2, 0) is 13.0 Å². The summed E-state index contributed by atoms with van der Waals surface area (Å²) in [6.07, 6.45) is 0.563. The van der Waals surface area contributed by atoms with Crippen LogP contribution in [0.5, 0.6) is 0 Å². The highest BCUT2D eigenvalue weighted by molar-refractivity contribution is 9.10. The summed E-state index contributed by atoms with van der Waals surface area (Å²) >= 11 is 5.15. The van der Waals surface area contributed by atoms with Crippen molar-refractivity contribution in [1.82, 2.24) is 4.98 Å². The van der Waals surface area contributed by atoms with Gasteiger partial charge in [0.05, 0.1) is 10.2 Å². The van der Waals surface area contributed by atoms with Crippen molar-refractivity contribution in [2.24, 2.45) is 11.5 Å². The van der Waals surface area contributed by atoms with E-state index in [1.165, 1.54) is 4.88 Å². The third-order valence-electron chi connectivity index (χ3n) is 3.44. The third kappa shape index (κ3) is 3.45. The monoisotopic (exact) mass is 408 g/mol. The molecule has 8 heteroatoms. The molecule has 0 saturated heterocycles. The molecular formula is C16H17BrN4O2S. The van der Waals surface area contributed by atoms with Gasteiger partial charge in [-0.15, -0.1) is 11.3 Å². The van der Waals surface area contributed by atoms with Gasteiger partial charge in [0.1, 0.15) is 17.0 Å². The molecule has 0 fully saturated rings. The number of hydrogen-bond acceptors (Lipinski definition) is 6. The SMILES string of the molecule is C[C@H](N)Cc1oc2c(NCc3cccs3)cc(C(N)=O)nc2c1Br. The van der Waals surface area contributed by atoms with Crippen LogP contribution in [0.25, 0.3) is 11.1 Å². The summed E-state index contributed by atoms with van der Waals surface area (Å²) in [5, 5.41) is 5.31. The van der Waals surface area contributed by atoms with E-state index < -0.39 is 5.91 Å². The molecular weight excluding hydrogens is 392 g/mol. The van der Waals surface area contributed by atoms with Gasteiger partial charge in [0.2, 0.25) is 0 Å². The zero-order valence-electron chi connectivity index (χ0n) is 13.0. The van der Waals surface area contributed by atoms with Crippen LogP contribution in [0.4, 0.5) is 5.69 Å². The maximum absolute atomic E-state index is 11.6. The molecule has 0 aliphatic heterocycles. The van der Waals surface area contributed by atoms with Gasteiger partial charge < -0.3 is 21.2 Å². The van der Waals surface area contributed by atoms with Crippen molar-refractivity contribution >= 4 is 50.0 Å². The summed E-state index contributed by atoms with van der Waals surface area (Å²) in [5.41, 5.74) is 13.3. The van der Waals surface area contributed by atoms with Gasteiger partial charge in [0, 0.05) is 23.9 Å². The smallest absolute Gasteiger partial charge is 0.267 e. The number of nitrogens with one attached hydrogen (secondary N) is 1. The fraction of sp³-hybridized carbons (Fsp3) is 0.250. The van der Waals surface area contributed by atoms with Gasteiger partial charge >= 0.3 is 0 Å². The van der Waals surface area contributed by atoms with Gasteiger partial charge in [0.15, 0.2) is 5.58 Å². The van der Waals surface area contributed by atoms with Crippen LogP contribution in [0, 0.1) is 0 Å². The highest BCUT2D eigenvalue weighted by Gasteiger charge is 2.20. The average Bonchev–Trinajstić information content (AvgIpc) is 3.14. The highest BCUT2D eigenvalue weighted by atomic mass is 79.9. The maximum atomic E-state index is 11.6. The predicted molar refractivity (Wildman–Crippen MR) is 99.2 cm³/mol. The van der Waals surface area contributed by atoms with Crippen LogP contribution >= 0.6 is 27.3 Å². The zero-order chi connectivity index (χ0) is 17.3. The Morgan fingerprint density at radius 2 is 2.33 bits per heavy atom. The van der Waals surface area contributed by atoms with Crippen molar-refractivity contribution in [3.05, 3.63) is 44.4 Å². The highest BCUT2D eigenvalue weighted by Crippen LogP contribution is 2.35. The van der Waals surface area contributed by atoms with Crippen LogP contribution in [-0.4, -0.2) is 16.9 Å². The Bertz CT molecular complexity index is 874. The van der Waals surface area contributed by atoms with Crippen LogP contribution in [0.2, 0.25) is 0 Å². The molecule has 0 bridgehead atoms. The molecule has 126 valence electrons. The molecule has 0 spiro atoms. The van der Waals surface area contributed by atoms with E-state index in [4.69, 9.17) is 15.9 Å². The van der Waals surface area contributed by atoms with E-state index in [9.17, 15) is 4.79 Å². The lowest BCUT2D eigenvalue weighted by Crippen LogP contribution is -2.17. The van der Waals surface area contributed by atoms with E-state index in [1.807, 2.05) is 24.4 Å². The minimum absolute atomic E-state index is 0.0556. The Kier molecular flexibility index (Phi) is 4.88. The second-order valence-electron chi connectivity index (χ2n) is 5.55. The lowest BCUT2D eigenvalue weighted by Gasteiger charge is -2.07. The van der Waals surface area contributed by atoms with Gasteiger partial charge in [0.25, 0.3) is 5.91 Å². The van der Waals surface area contributed by atoms with Gasteiger partial charge in [-0.3, -0.25) is 4.79 Å². The number of aromatic nitrogens is 1. The molecule has 1 atom stereocenters. The van der Waals surface area contributed by atoms with Gasteiger partial charge in [-0.25, -0.2) is 4.98 Å². The van der Waals surface area contributed by atoms with Crippen molar-refractivity contribution in [1.29, 1.82) is 0 Å². The quantitative estimate of drug-likeness (QED) is 0.579. The molecule has 0 aromatic carbocycles. The fourth-order valence-corrected chi connectivity index (χ4v) is 3.52. The van der Waals surface area contributed by atoms with Crippen LogP contribution in [0.3, 0.4) is 0 Å². The molecule has 6 nitrogen and oxygen atoms in total. The molecule has 0 saturated carbocycles. The van der Waals surface area contributed by atoms with Crippen molar-refractivity contribution < 1.29 is 9.21 Å². The lowest BCUT2D eigenvalue weighted by atomic mass is 10.2. The average molecular weight is 409 g/mol. The fourth-order valence-electron chi connectivity index (χ4n) is 2.36. The van der Waals surface area contributed by atoms with E-state index in [-0.39, 0.29) is 11.7 Å². The van der Waals surface area contributed by atoms with Crippen LogP contribution in [0.15, 0.2) is 32.5 Å². The Morgan fingerprint density at radius 1 is 1.54 bits per heavy atom. The summed E-state index contributed by atoms with van der Waals surface area (Å²) in [4.78, 5) is 17.1. The number of carbonyl (C=O) groups excluding carboxylic acids is 1. The molecule has 3 rings (SSSR count). The minimum atomic E-state index is -0.585. The van der Waals surface area contributed by atoms with Crippen molar-refractivity contribution in [2.45, 2.75) is 25.9 Å². The Labute approximate surface area is 151 Å². The molecule has 1 amide bonds. The second-order valence-corrected chi connectivity index (χ2v) is 7.38. The number of nitrogens with zero attached hydrogens (tertiary/aromatic N) is 1. The first-order chi connectivity index (χ1) is 11.5. The maximum Gasteiger partial charge on any atom is 0.267 e. The summed E-state index contributed by atoms with van der Waals surface area (Å²) in [7, 11) is 0. The summed E-state index contributed by atoms with van der Waals surface area (Å²) in [6.45, 7) is 2.52. The number of hydrogen-bond donors (Lipinski definition) is 3. The Balaban J connectivity index is 2.05. The Hall–Kier alpha value is -1.90. The lowest BCUT2D eigenvalue weighted by molar-refractivity contribution is 0.0996. The summed E-state index contributed by atoms with van der Waals surface area (Å²) in [6, 6.07) is 5.58. The Morgan fingerprint density at radius 3 is 2.96 bits per heavy atom. The van der Waals surface area contributed by atoms with E-state index in [0.717, 1.165) is 0 Å². The molecule has 5 N–H and O–H groups in total. The number of anilines is 1. The molecule has 3 aromatic rings. The first kappa shape index (κ1) is 16.9. The molecule has 0 radical (unpaired) electrons. The van der Waals surface area contributed by atoms with Gasteiger partial charge in [-0.05, 0) is 40.4 Å². The van der Waals surface area contributed by atoms with Crippen molar-refractivity contribution in [2.75, 3.05) is 5.32 Å². The molecule has 0 unspecified atom stereocenters. The van der Waals surface area contributed by atoms with Gasteiger partial charge in [-0.2, -0.15) is 0 Å². The molecule has 3 heterocycles. The topological polar surface area (TPSA) is 107 Å². The number of amides is 1. The standard InChI is InChI=1S/C16H17BrN4O2S/c1-8(18)5-12-13(17)14-15(23-12)10(6-11(21-14)16(19)22)20-7-9-3-2-4-24-9/h2-4,6,8H,5,7,18H2,1H3,(H2,19,22)(H,20,21)/t8-/m0/s1. The third-order valence-corrected chi connectivity index (χ3v) is 5.14. The van der Waals surface area contributed by atoms with Gasteiger partial charge in [-0.1, -0.05) is 6.07 Å². The number of thiophene rings is 1. The van der Waals surface area contributed by atoms with Crippen molar-refractivity contribution in [3.63, 3.8) is 0 Å². The first-order valence-electron chi connectivity index (χ1n) is 7.39. The minimum Gasteiger partial charge on any atom is -0.456 e. The largest absolute Gasteiger partial charge is 0.456 e. The predicted octanol–water partition coefficient (Wildman–Crippen LogP) is 3.25. The number of halogens is 1. The van der Waals surface area contributed by atoms with Crippen molar-refractivity contribution in [3.8, 4) is 0 Å². The molecule has 3 aromatic heterocycles. The summed E-state index contributed by atoms with van der Waals surface area (Å²) in [5.74, 6) is 0.117. The van der Waals surface area contributed by atoms with E-state index in [2.05, 4.69) is 26.2 Å². The normalized spacial score (nSPS) is 12.5. The number of pyridine rings is 1. The molecule has 24 heavy (non-hydrogen) atoms. The number of fused-ring (bicyclic) bond motifs is 1. The van der Waals surface area contributed by atoms with E-state index in [1.54, 1.807) is 17.4 Å². The number of carbonyl (C=O) groups is 1. The van der Waals surface area contributed by atoms with Crippen LogP contribution < -0.4 is 16.8 Å². The number of rotatable bonds is 6. The number of primary amides is 1. The zero-order valence-corrected chi connectivity index (χ0v) is 15.4. The van der Waals surface area contributed by atoms with E-state index >= 15 is 0 Å². The first-order valence-corrected chi connectivity index (χ1v) is 9.06. The van der Waals surface area contributed by atoms with E-state index in [0.29, 0.717) is 40.0 Å². The molecule has 0 aliphatic carbocycles. The number of furan rings is 1. The summed E-state index contributed by atoms with van der Waals surface area (Å²) < 4.78 is 6.65.